The third-order valence-corrected chi connectivity index (χ3v) is 9.05. The summed E-state index contributed by atoms with van der Waals surface area (Å²) in [6, 6.07) is -0.612. The normalized spacial score (nSPS) is 13.4. The number of carbonyl (C=O) groups excluding carboxylic acids is 2. The lowest BCUT2D eigenvalue weighted by Gasteiger charge is -2.31. The molecule has 2 unspecified atom stereocenters. The summed E-state index contributed by atoms with van der Waals surface area (Å²) in [5.74, 6) is -1.48. The Balaban J connectivity index is 4.24. The molecule has 0 rings (SSSR count). The molecular weight excluding hydrogens is 642 g/mol. The van der Waals surface area contributed by atoms with Gasteiger partial charge in [-0.05, 0) is 44.9 Å². The van der Waals surface area contributed by atoms with E-state index < -0.39 is 18.1 Å². The summed E-state index contributed by atoms with van der Waals surface area (Å²) in [7, 11) is 5.51. The fourth-order valence-corrected chi connectivity index (χ4v) is 5.87. The summed E-state index contributed by atoms with van der Waals surface area (Å²) in [6.07, 6.45) is 37.7. The predicted molar refractivity (Wildman–Crippen MR) is 211 cm³/mol. The van der Waals surface area contributed by atoms with Crippen molar-refractivity contribution in [1.82, 2.24) is 0 Å². The minimum absolute atomic E-state index is 0.0511. The van der Waals surface area contributed by atoms with E-state index in [-0.39, 0.29) is 36.2 Å². The van der Waals surface area contributed by atoms with Crippen LogP contribution in [-0.2, 0) is 28.6 Å². The smallest absolute Gasteiger partial charge is 0.362 e. The van der Waals surface area contributed by atoms with Gasteiger partial charge in [0.05, 0.1) is 34.4 Å². The SMILES string of the molecule is CC/C=C/C/C=C/C/C=C/CCCCCCCCCCCCC(=O)OC(COCCC(C(=O)O)[N+](C)(C)C)COC(=O)CCCCCCCCC. The molecule has 8 nitrogen and oxygen atoms in total. The summed E-state index contributed by atoms with van der Waals surface area (Å²) in [5, 5.41) is 9.58. The van der Waals surface area contributed by atoms with Crippen molar-refractivity contribution in [3.63, 3.8) is 0 Å². The molecule has 0 aliphatic carbocycles. The third-order valence-electron chi connectivity index (χ3n) is 9.05. The molecule has 296 valence electrons. The Bertz CT molecular complexity index is 937. The Labute approximate surface area is 313 Å². The second kappa shape index (κ2) is 34.6. The number of ether oxygens (including phenoxy) is 3. The van der Waals surface area contributed by atoms with Gasteiger partial charge in [0.2, 0.25) is 0 Å². The van der Waals surface area contributed by atoms with Gasteiger partial charge in [0.25, 0.3) is 0 Å². The second-order valence-corrected chi connectivity index (χ2v) is 14.9. The average molecular weight is 721 g/mol. The van der Waals surface area contributed by atoms with Crippen molar-refractivity contribution in [3.8, 4) is 0 Å². The maximum absolute atomic E-state index is 12.7. The Morgan fingerprint density at radius 2 is 1.10 bits per heavy atom. The topological polar surface area (TPSA) is 99.1 Å². The number of rotatable bonds is 36. The van der Waals surface area contributed by atoms with Gasteiger partial charge >= 0.3 is 17.9 Å². The van der Waals surface area contributed by atoms with E-state index in [4.69, 9.17) is 14.2 Å². The summed E-state index contributed by atoms with van der Waals surface area (Å²) in [6.45, 7) is 4.57. The number of carboxylic acid groups (broad SMARTS) is 1. The zero-order valence-electron chi connectivity index (χ0n) is 33.6. The molecule has 0 spiro atoms. The van der Waals surface area contributed by atoms with Gasteiger partial charge in [-0.3, -0.25) is 9.59 Å². The quantitative estimate of drug-likeness (QED) is 0.0298. The van der Waals surface area contributed by atoms with Gasteiger partial charge in [0.1, 0.15) is 6.61 Å². The van der Waals surface area contributed by atoms with Crippen molar-refractivity contribution < 1.29 is 38.2 Å². The van der Waals surface area contributed by atoms with Gasteiger partial charge < -0.3 is 23.8 Å². The van der Waals surface area contributed by atoms with E-state index in [1.54, 1.807) is 0 Å². The first-order chi connectivity index (χ1) is 24.6. The Hall–Kier alpha value is -2.45. The van der Waals surface area contributed by atoms with Crippen molar-refractivity contribution in [2.75, 3.05) is 41.0 Å². The summed E-state index contributed by atoms with van der Waals surface area (Å²) < 4.78 is 17.2. The molecule has 0 aliphatic rings. The number of likely N-dealkylation sites (N-methyl/N-ethyl adjacent to an activating group) is 1. The van der Waals surface area contributed by atoms with E-state index in [1.807, 2.05) is 21.1 Å². The molecule has 8 heteroatoms. The van der Waals surface area contributed by atoms with E-state index in [2.05, 4.69) is 50.3 Å². The lowest BCUT2D eigenvalue weighted by Crippen LogP contribution is -2.50. The number of carbonyl (C=O) groups is 3. The van der Waals surface area contributed by atoms with Crippen LogP contribution >= 0.6 is 0 Å². The number of carboxylic acids is 1. The number of allylic oxidation sites excluding steroid dienone is 6. The van der Waals surface area contributed by atoms with Crippen LogP contribution in [0.4, 0.5) is 0 Å². The molecule has 0 bridgehead atoms. The highest BCUT2D eigenvalue weighted by Gasteiger charge is 2.31. The highest BCUT2D eigenvalue weighted by atomic mass is 16.6. The first-order valence-electron chi connectivity index (χ1n) is 20.5. The van der Waals surface area contributed by atoms with Gasteiger partial charge in [-0.25, -0.2) is 4.79 Å². The minimum atomic E-state index is -0.877. The van der Waals surface area contributed by atoms with Crippen LogP contribution in [0.15, 0.2) is 36.5 Å². The number of unbranched alkanes of at least 4 members (excludes halogenated alkanes) is 16. The zero-order valence-corrected chi connectivity index (χ0v) is 33.6. The molecule has 0 aliphatic heterocycles. The van der Waals surface area contributed by atoms with Crippen LogP contribution in [0.5, 0.6) is 0 Å². The molecule has 0 saturated heterocycles. The van der Waals surface area contributed by atoms with E-state index in [9.17, 15) is 19.5 Å². The van der Waals surface area contributed by atoms with Gasteiger partial charge in [-0.15, -0.1) is 0 Å². The molecular formula is C43H78NO7+. The molecule has 0 aromatic rings. The number of nitrogens with zero attached hydrogens (tertiary/aromatic N) is 1. The molecule has 0 fully saturated rings. The Kier molecular flexibility index (Phi) is 33.0. The zero-order chi connectivity index (χ0) is 37.8. The van der Waals surface area contributed by atoms with Crippen LogP contribution in [0, 0.1) is 0 Å². The van der Waals surface area contributed by atoms with E-state index in [0.717, 1.165) is 57.8 Å². The van der Waals surface area contributed by atoms with Crippen LogP contribution in [0.25, 0.3) is 0 Å². The second-order valence-electron chi connectivity index (χ2n) is 14.9. The molecule has 0 saturated carbocycles. The Morgan fingerprint density at radius 1 is 0.608 bits per heavy atom. The van der Waals surface area contributed by atoms with E-state index in [0.29, 0.717) is 19.3 Å². The van der Waals surface area contributed by atoms with E-state index in [1.165, 1.54) is 77.0 Å². The Morgan fingerprint density at radius 3 is 1.63 bits per heavy atom. The van der Waals surface area contributed by atoms with Crippen LogP contribution in [-0.4, -0.2) is 80.6 Å². The van der Waals surface area contributed by atoms with Crippen molar-refractivity contribution in [2.24, 2.45) is 0 Å². The van der Waals surface area contributed by atoms with Gasteiger partial charge in [0.15, 0.2) is 12.1 Å². The fourth-order valence-electron chi connectivity index (χ4n) is 5.87. The lowest BCUT2D eigenvalue weighted by molar-refractivity contribution is -0.887. The number of hydrogen-bond acceptors (Lipinski definition) is 6. The standard InChI is InChI=1S/C43H77NO7/c1-6-8-10-12-14-15-16-17-18-19-20-21-22-23-24-25-26-28-30-32-34-42(46)51-39(37-49-36-35-40(43(47)48)44(3,4)5)38-50-41(45)33-31-29-27-13-11-9-7-2/h8,10,14-15,17-18,39-40H,6-7,9,11-13,16,19-38H2,1-5H3/p+1/b10-8+,15-14+,18-17+. The summed E-state index contributed by atoms with van der Waals surface area (Å²) in [5.41, 5.74) is 0. The fraction of sp³-hybridized carbons (Fsp3) is 0.791. The predicted octanol–water partition coefficient (Wildman–Crippen LogP) is 10.7. The van der Waals surface area contributed by atoms with Crippen LogP contribution in [0.2, 0.25) is 0 Å². The largest absolute Gasteiger partial charge is 0.477 e. The number of quaternary nitrogens is 1. The molecule has 0 amide bonds. The highest BCUT2D eigenvalue weighted by molar-refractivity contribution is 5.72. The van der Waals surface area contributed by atoms with Crippen molar-refractivity contribution in [1.29, 1.82) is 0 Å². The molecule has 51 heavy (non-hydrogen) atoms. The third kappa shape index (κ3) is 33.2. The van der Waals surface area contributed by atoms with E-state index >= 15 is 0 Å². The van der Waals surface area contributed by atoms with Crippen LogP contribution in [0.3, 0.4) is 0 Å². The summed E-state index contributed by atoms with van der Waals surface area (Å²) in [4.78, 5) is 36.7. The number of aliphatic carboxylic acids is 1. The van der Waals surface area contributed by atoms with Gasteiger partial charge in [-0.2, -0.15) is 0 Å². The first-order valence-corrected chi connectivity index (χ1v) is 20.5. The molecule has 2 atom stereocenters. The maximum atomic E-state index is 12.7. The molecule has 0 heterocycles. The minimum Gasteiger partial charge on any atom is -0.477 e. The van der Waals surface area contributed by atoms with Gasteiger partial charge in [0, 0.05) is 19.3 Å². The van der Waals surface area contributed by atoms with Crippen LogP contribution < -0.4 is 0 Å². The molecule has 0 radical (unpaired) electrons. The molecule has 0 aromatic heterocycles. The van der Waals surface area contributed by atoms with Gasteiger partial charge in [-0.1, -0.05) is 140 Å². The van der Waals surface area contributed by atoms with Crippen molar-refractivity contribution in [3.05, 3.63) is 36.5 Å². The first kappa shape index (κ1) is 48.5. The summed E-state index contributed by atoms with van der Waals surface area (Å²) >= 11 is 0. The molecule has 0 aromatic carbocycles. The molecule has 1 N–H and O–H groups in total. The van der Waals surface area contributed by atoms with Crippen LogP contribution in [0.1, 0.15) is 168 Å². The monoisotopic (exact) mass is 721 g/mol. The highest BCUT2D eigenvalue weighted by Crippen LogP contribution is 2.14. The number of esters is 2. The maximum Gasteiger partial charge on any atom is 0.362 e. The lowest BCUT2D eigenvalue weighted by atomic mass is 10.0. The van der Waals surface area contributed by atoms with Crippen molar-refractivity contribution >= 4 is 17.9 Å². The average Bonchev–Trinajstić information content (AvgIpc) is 3.08. The number of hydrogen-bond donors (Lipinski definition) is 1. The van der Waals surface area contributed by atoms with Crippen molar-refractivity contribution in [2.45, 2.75) is 180 Å².